The third kappa shape index (κ3) is 4.43. The average molecular weight is 286 g/mol. The molecular weight excluding hydrogens is 264 g/mol. The van der Waals surface area contributed by atoms with Crippen molar-refractivity contribution in [3.05, 3.63) is 52.8 Å². The van der Waals surface area contributed by atoms with E-state index in [1.807, 2.05) is 37.4 Å². The van der Waals surface area contributed by atoms with Gasteiger partial charge in [-0.3, -0.25) is 9.89 Å². The largest absolute Gasteiger partial charge is 0.355 e. The van der Waals surface area contributed by atoms with E-state index in [0.29, 0.717) is 5.56 Å². The maximum Gasteiger partial charge on any atom is 0.251 e. The van der Waals surface area contributed by atoms with E-state index in [4.69, 9.17) is 0 Å². The molecule has 3 N–H and O–H groups in total. The van der Waals surface area contributed by atoms with Crippen molar-refractivity contribution in [2.45, 2.75) is 26.3 Å². The van der Waals surface area contributed by atoms with Gasteiger partial charge >= 0.3 is 0 Å². The van der Waals surface area contributed by atoms with E-state index in [0.717, 1.165) is 31.6 Å². The number of hydrogen-bond acceptors (Lipinski definition) is 3. The Balaban J connectivity index is 1.69. The Morgan fingerprint density at radius 2 is 2.05 bits per heavy atom. The van der Waals surface area contributed by atoms with Crippen LogP contribution >= 0.6 is 0 Å². The highest BCUT2D eigenvalue weighted by atomic mass is 16.1. The van der Waals surface area contributed by atoms with Gasteiger partial charge in [0.1, 0.15) is 0 Å². The fourth-order valence-corrected chi connectivity index (χ4v) is 2.18. The van der Waals surface area contributed by atoms with Crippen LogP contribution in [0.4, 0.5) is 0 Å². The molecule has 0 bridgehead atoms. The maximum absolute atomic E-state index is 11.4. The van der Waals surface area contributed by atoms with Crippen LogP contribution in [0.1, 0.15) is 33.6 Å². The fraction of sp³-hybridized carbons (Fsp3) is 0.375. The van der Waals surface area contributed by atoms with Gasteiger partial charge in [-0.25, -0.2) is 0 Å². The molecule has 2 rings (SSSR count). The third-order valence-corrected chi connectivity index (χ3v) is 3.51. The Labute approximate surface area is 125 Å². The molecule has 0 unspecified atom stereocenters. The van der Waals surface area contributed by atoms with E-state index >= 15 is 0 Å². The van der Waals surface area contributed by atoms with E-state index < -0.39 is 0 Å². The van der Waals surface area contributed by atoms with Crippen molar-refractivity contribution in [2.24, 2.45) is 0 Å². The van der Waals surface area contributed by atoms with Crippen LogP contribution < -0.4 is 10.6 Å². The van der Waals surface area contributed by atoms with E-state index in [-0.39, 0.29) is 5.91 Å². The zero-order valence-electron chi connectivity index (χ0n) is 12.6. The van der Waals surface area contributed by atoms with Crippen LogP contribution in [0.3, 0.4) is 0 Å². The predicted octanol–water partition coefficient (Wildman–Crippen LogP) is 1.80. The lowest BCUT2D eigenvalue weighted by Gasteiger charge is -2.06. The van der Waals surface area contributed by atoms with Crippen LogP contribution in [0, 0.1) is 6.92 Å². The number of carbonyl (C=O) groups excluding carboxylic acids is 1. The summed E-state index contributed by atoms with van der Waals surface area (Å²) < 4.78 is 0. The number of nitrogens with one attached hydrogen (secondary N) is 3. The third-order valence-electron chi connectivity index (χ3n) is 3.51. The Hall–Kier alpha value is -2.14. The maximum atomic E-state index is 11.4. The van der Waals surface area contributed by atoms with Crippen LogP contribution in [0.5, 0.6) is 0 Å². The minimum atomic E-state index is -0.0509. The molecule has 21 heavy (non-hydrogen) atoms. The zero-order valence-corrected chi connectivity index (χ0v) is 12.6. The second-order valence-corrected chi connectivity index (χ2v) is 5.08. The van der Waals surface area contributed by atoms with Crippen LogP contribution in [-0.4, -0.2) is 29.7 Å². The lowest BCUT2D eigenvalue weighted by Crippen LogP contribution is -2.18. The number of H-pyrrole nitrogens is 1. The number of carbonyl (C=O) groups is 1. The second kappa shape index (κ2) is 7.59. The summed E-state index contributed by atoms with van der Waals surface area (Å²) in [7, 11) is 1.64. The molecule has 0 aliphatic carbocycles. The quantitative estimate of drug-likeness (QED) is 0.680. The van der Waals surface area contributed by atoms with Gasteiger partial charge in [-0.1, -0.05) is 12.1 Å². The van der Waals surface area contributed by atoms with Crippen LogP contribution in [0.15, 0.2) is 30.5 Å². The molecule has 0 spiro atoms. The molecule has 2 aromatic rings. The van der Waals surface area contributed by atoms with Crippen LogP contribution in [0.2, 0.25) is 0 Å². The van der Waals surface area contributed by atoms with Crippen molar-refractivity contribution in [3.63, 3.8) is 0 Å². The molecule has 1 aromatic heterocycles. The van der Waals surface area contributed by atoms with Crippen molar-refractivity contribution in [1.82, 2.24) is 20.8 Å². The van der Waals surface area contributed by atoms with Crippen molar-refractivity contribution < 1.29 is 4.79 Å². The summed E-state index contributed by atoms with van der Waals surface area (Å²) in [5, 5.41) is 13.0. The molecule has 112 valence electrons. The first kappa shape index (κ1) is 15.3. The standard InChI is InChI=1S/C16H22N4O/c1-12-15(11-19-20-12)4-3-9-18-10-13-5-7-14(8-6-13)16(21)17-2/h5-8,11,18H,3-4,9-10H2,1-2H3,(H,17,21)(H,19,20). The summed E-state index contributed by atoms with van der Waals surface area (Å²) in [6.07, 6.45) is 4.01. The summed E-state index contributed by atoms with van der Waals surface area (Å²) in [5.74, 6) is -0.0509. The number of rotatable bonds is 7. The van der Waals surface area contributed by atoms with E-state index in [1.165, 1.54) is 11.1 Å². The van der Waals surface area contributed by atoms with Gasteiger partial charge in [0.05, 0.1) is 6.20 Å². The van der Waals surface area contributed by atoms with Gasteiger partial charge in [0.2, 0.25) is 0 Å². The smallest absolute Gasteiger partial charge is 0.251 e. The molecule has 0 saturated carbocycles. The zero-order chi connectivity index (χ0) is 15.1. The Bertz CT molecular complexity index is 574. The molecular formula is C16H22N4O. The minimum absolute atomic E-state index is 0.0509. The SMILES string of the molecule is CNC(=O)c1ccc(CNCCCc2cn[nH]c2C)cc1. The highest BCUT2D eigenvalue weighted by Crippen LogP contribution is 2.06. The normalized spacial score (nSPS) is 10.6. The molecule has 0 aliphatic heterocycles. The highest BCUT2D eigenvalue weighted by molar-refractivity contribution is 5.93. The number of hydrogen-bond donors (Lipinski definition) is 3. The van der Waals surface area contributed by atoms with Gasteiger partial charge in [0, 0.05) is 24.8 Å². The first-order valence-corrected chi connectivity index (χ1v) is 7.21. The van der Waals surface area contributed by atoms with E-state index in [2.05, 4.69) is 20.8 Å². The molecule has 5 nitrogen and oxygen atoms in total. The summed E-state index contributed by atoms with van der Waals surface area (Å²) in [4.78, 5) is 11.4. The number of aromatic nitrogens is 2. The van der Waals surface area contributed by atoms with Crippen LogP contribution in [-0.2, 0) is 13.0 Å². The monoisotopic (exact) mass is 286 g/mol. The van der Waals surface area contributed by atoms with Crippen molar-refractivity contribution in [3.8, 4) is 0 Å². The highest BCUT2D eigenvalue weighted by Gasteiger charge is 2.02. The number of aryl methyl sites for hydroxylation is 2. The first-order chi connectivity index (χ1) is 10.2. The molecule has 0 fully saturated rings. The summed E-state index contributed by atoms with van der Waals surface area (Å²) in [6, 6.07) is 7.67. The lowest BCUT2D eigenvalue weighted by molar-refractivity contribution is 0.0963. The average Bonchev–Trinajstić information content (AvgIpc) is 2.92. The number of benzene rings is 1. The predicted molar refractivity (Wildman–Crippen MR) is 83.2 cm³/mol. The van der Waals surface area contributed by atoms with Gasteiger partial charge in [0.25, 0.3) is 5.91 Å². The number of amides is 1. The number of aromatic amines is 1. The molecule has 1 heterocycles. The fourth-order valence-electron chi connectivity index (χ4n) is 2.18. The topological polar surface area (TPSA) is 69.8 Å². The molecule has 5 heteroatoms. The Morgan fingerprint density at radius 1 is 1.29 bits per heavy atom. The lowest BCUT2D eigenvalue weighted by atomic mass is 10.1. The molecule has 0 radical (unpaired) electrons. The van der Waals surface area contributed by atoms with Gasteiger partial charge in [-0.15, -0.1) is 0 Å². The second-order valence-electron chi connectivity index (χ2n) is 5.08. The van der Waals surface area contributed by atoms with Gasteiger partial charge in [0.15, 0.2) is 0 Å². The first-order valence-electron chi connectivity index (χ1n) is 7.21. The summed E-state index contributed by atoms with van der Waals surface area (Å²) >= 11 is 0. The van der Waals surface area contributed by atoms with E-state index in [1.54, 1.807) is 7.05 Å². The van der Waals surface area contributed by atoms with Crippen molar-refractivity contribution in [2.75, 3.05) is 13.6 Å². The van der Waals surface area contributed by atoms with Crippen LogP contribution in [0.25, 0.3) is 0 Å². The summed E-state index contributed by atoms with van der Waals surface area (Å²) in [6.45, 7) is 3.82. The molecule has 1 aromatic carbocycles. The van der Waals surface area contributed by atoms with Gasteiger partial charge in [-0.05, 0) is 49.6 Å². The van der Waals surface area contributed by atoms with Crippen molar-refractivity contribution in [1.29, 1.82) is 0 Å². The minimum Gasteiger partial charge on any atom is -0.355 e. The molecule has 0 atom stereocenters. The van der Waals surface area contributed by atoms with Crippen molar-refractivity contribution >= 4 is 5.91 Å². The van der Waals surface area contributed by atoms with E-state index in [9.17, 15) is 4.79 Å². The Kier molecular flexibility index (Phi) is 5.51. The molecule has 1 amide bonds. The van der Waals surface area contributed by atoms with Gasteiger partial charge in [-0.2, -0.15) is 5.10 Å². The Morgan fingerprint density at radius 3 is 2.67 bits per heavy atom. The molecule has 0 aliphatic rings. The van der Waals surface area contributed by atoms with Gasteiger partial charge < -0.3 is 10.6 Å². The molecule has 0 saturated heterocycles. The summed E-state index contributed by atoms with van der Waals surface area (Å²) in [5.41, 5.74) is 4.31. The number of nitrogens with zero attached hydrogens (tertiary/aromatic N) is 1.